The highest BCUT2D eigenvalue weighted by atomic mass is 32.1. The molecule has 0 saturated carbocycles. The summed E-state index contributed by atoms with van der Waals surface area (Å²) in [6, 6.07) is 14.5. The van der Waals surface area contributed by atoms with Gasteiger partial charge in [0.1, 0.15) is 0 Å². The predicted octanol–water partition coefficient (Wildman–Crippen LogP) is 3.88. The number of H-pyrrole nitrogens is 1. The van der Waals surface area contributed by atoms with Crippen LogP contribution in [0.25, 0.3) is 31.4 Å². The molecule has 1 aliphatic heterocycles. The Morgan fingerprint density at radius 1 is 1.11 bits per heavy atom. The second-order valence-electron chi connectivity index (χ2n) is 6.67. The van der Waals surface area contributed by atoms with Crippen LogP contribution in [-0.4, -0.2) is 47.3 Å². The second kappa shape index (κ2) is 6.68. The Morgan fingerprint density at radius 3 is 2.81 bits per heavy atom. The lowest BCUT2D eigenvalue weighted by Crippen LogP contribution is -2.48. The van der Waals surface area contributed by atoms with E-state index in [0.29, 0.717) is 0 Å². The van der Waals surface area contributed by atoms with Crippen molar-refractivity contribution in [2.75, 3.05) is 31.5 Å². The molecule has 3 N–H and O–H groups in total. The van der Waals surface area contributed by atoms with Gasteiger partial charge in [0.2, 0.25) is 0 Å². The van der Waals surface area contributed by atoms with E-state index in [0.717, 1.165) is 53.2 Å². The number of amides is 2. The Hall–Kier alpha value is -2.90. The first-order chi connectivity index (χ1) is 13.3. The van der Waals surface area contributed by atoms with E-state index < -0.39 is 0 Å². The van der Waals surface area contributed by atoms with Crippen molar-refractivity contribution in [2.24, 2.45) is 0 Å². The number of anilines is 1. The molecule has 1 saturated heterocycles. The number of hydrogen-bond acceptors (Lipinski definition) is 4. The summed E-state index contributed by atoms with van der Waals surface area (Å²) in [4.78, 5) is 15.6. The maximum Gasteiger partial charge on any atom is 0.321 e. The van der Waals surface area contributed by atoms with Crippen molar-refractivity contribution in [3.05, 3.63) is 48.7 Å². The Balaban J connectivity index is 1.54. The molecule has 1 fully saturated rings. The fourth-order valence-corrected chi connectivity index (χ4v) is 4.59. The number of piperazine rings is 1. The minimum atomic E-state index is -0.0540. The van der Waals surface area contributed by atoms with Crippen molar-refractivity contribution in [3.63, 3.8) is 0 Å². The minimum Gasteiger partial charge on any atom is -0.322 e. The zero-order chi connectivity index (χ0) is 18.2. The van der Waals surface area contributed by atoms with E-state index in [1.807, 2.05) is 17.0 Å². The second-order valence-corrected chi connectivity index (χ2v) is 7.76. The van der Waals surface area contributed by atoms with E-state index in [-0.39, 0.29) is 6.03 Å². The number of thiophene rings is 1. The first-order valence-electron chi connectivity index (χ1n) is 9.01. The van der Waals surface area contributed by atoms with Gasteiger partial charge in [-0.25, -0.2) is 4.79 Å². The highest BCUT2D eigenvalue weighted by Crippen LogP contribution is 2.38. The highest BCUT2D eigenvalue weighted by molar-refractivity contribution is 7.22. The number of nitrogens with one attached hydrogen (secondary N) is 3. The topological polar surface area (TPSA) is 73.0 Å². The number of urea groups is 1. The third-order valence-electron chi connectivity index (χ3n) is 4.90. The summed E-state index contributed by atoms with van der Waals surface area (Å²) < 4.78 is 1.25. The van der Waals surface area contributed by atoms with Crippen LogP contribution in [-0.2, 0) is 0 Å². The molecule has 5 rings (SSSR count). The summed E-state index contributed by atoms with van der Waals surface area (Å²) in [6.07, 6.45) is 1.80. The first-order valence-corrected chi connectivity index (χ1v) is 9.82. The Bertz CT molecular complexity index is 1090. The lowest BCUT2D eigenvalue weighted by Gasteiger charge is -2.27. The Kier molecular flexibility index (Phi) is 4.03. The molecule has 2 amide bonds. The van der Waals surface area contributed by atoms with Crippen LogP contribution in [0.3, 0.4) is 0 Å². The summed E-state index contributed by atoms with van der Waals surface area (Å²) in [5.74, 6) is 0. The summed E-state index contributed by atoms with van der Waals surface area (Å²) in [5.41, 5.74) is 2.84. The maximum atomic E-state index is 12.6. The molecule has 4 aromatic rings. The molecule has 7 heteroatoms. The number of aromatic nitrogens is 2. The number of nitrogens with zero attached hydrogens (tertiary/aromatic N) is 2. The summed E-state index contributed by atoms with van der Waals surface area (Å²) >= 11 is 1.75. The van der Waals surface area contributed by atoms with Crippen LogP contribution in [0.5, 0.6) is 0 Å². The monoisotopic (exact) mass is 377 g/mol. The minimum absolute atomic E-state index is 0.0540. The van der Waals surface area contributed by atoms with Crippen molar-refractivity contribution in [1.29, 1.82) is 0 Å². The molecule has 0 aliphatic carbocycles. The van der Waals surface area contributed by atoms with Crippen molar-refractivity contribution >= 4 is 44.0 Å². The van der Waals surface area contributed by atoms with Gasteiger partial charge in [-0.05, 0) is 29.7 Å². The van der Waals surface area contributed by atoms with Crippen LogP contribution in [0.4, 0.5) is 10.5 Å². The van der Waals surface area contributed by atoms with Crippen LogP contribution in [0.15, 0.2) is 48.7 Å². The van der Waals surface area contributed by atoms with E-state index in [4.69, 9.17) is 0 Å². The van der Waals surface area contributed by atoms with Crippen LogP contribution >= 0.6 is 11.3 Å². The van der Waals surface area contributed by atoms with Crippen molar-refractivity contribution < 1.29 is 4.79 Å². The first kappa shape index (κ1) is 16.3. The molecule has 0 radical (unpaired) electrons. The largest absolute Gasteiger partial charge is 0.322 e. The van der Waals surface area contributed by atoms with Gasteiger partial charge in [0.25, 0.3) is 0 Å². The molecule has 0 spiro atoms. The molecule has 2 aromatic carbocycles. The molecular formula is C20H19N5OS. The molecule has 0 atom stereocenters. The van der Waals surface area contributed by atoms with Crippen molar-refractivity contribution in [1.82, 2.24) is 20.4 Å². The van der Waals surface area contributed by atoms with Crippen molar-refractivity contribution in [2.45, 2.75) is 0 Å². The Labute approximate surface area is 160 Å². The van der Waals surface area contributed by atoms with Crippen LogP contribution in [0, 0.1) is 0 Å². The molecule has 3 heterocycles. The number of carbonyl (C=O) groups excluding carboxylic acids is 1. The molecule has 0 unspecified atom stereocenters. The van der Waals surface area contributed by atoms with Gasteiger partial charge in [-0.1, -0.05) is 18.2 Å². The number of aromatic amines is 1. The average molecular weight is 377 g/mol. The van der Waals surface area contributed by atoms with Gasteiger partial charge in [-0.3, -0.25) is 5.10 Å². The zero-order valence-corrected chi connectivity index (χ0v) is 15.5. The molecule has 136 valence electrons. The van der Waals surface area contributed by atoms with Gasteiger partial charge in [0, 0.05) is 52.4 Å². The number of hydrogen-bond donors (Lipinski definition) is 3. The third-order valence-corrected chi connectivity index (χ3v) is 6.04. The van der Waals surface area contributed by atoms with Gasteiger partial charge >= 0.3 is 6.03 Å². The fourth-order valence-electron chi connectivity index (χ4n) is 3.51. The standard InChI is InChI=1S/C20H19N5OS/c26-20(25-7-5-21-6-8-25)23-15-9-14-12-22-24-19(14)16(11-15)18-10-13-3-1-2-4-17(13)27-18/h1-4,9-12,21H,5-8H2,(H,22,24)(H,23,26). The number of carbonyl (C=O) groups is 1. The highest BCUT2D eigenvalue weighted by Gasteiger charge is 2.18. The van der Waals surface area contributed by atoms with E-state index in [1.54, 1.807) is 17.5 Å². The molecular weight excluding hydrogens is 358 g/mol. The fraction of sp³-hybridized carbons (Fsp3) is 0.200. The number of fused-ring (bicyclic) bond motifs is 2. The zero-order valence-electron chi connectivity index (χ0n) is 14.7. The quantitative estimate of drug-likeness (QED) is 0.496. The van der Waals surface area contributed by atoms with E-state index >= 15 is 0 Å². The van der Waals surface area contributed by atoms with Gasteiger partial charge in [-0.2, -0.15) is 5.10 Å². The van der Waals surface area contributed by atoms with E-state index in [2.05, 4.69) is 51.2 Å². The summed E-state index contributed by atoms with van der Waals surface area (Å²) in [6.45, 7) is 3.12. The molecule has 27 heavy (non-hydrogen) atoms. The third kappa shape index (κ3) is 3.05. The number of benzene rings is 2. The Morgan fingerprint density at radius 2 is 1.96 bits per heavy atom. The molecule has 0 bridgehead atoms. The maximum absolute atomic E-state index is 12.6. The molecule has 1 aliphatic rings. The van der Waals surface area contributed by atoms with Gasteiger partial charge in [-0.15, -0.1) is 11.3 Å². The van der Waals surface area contributed by atoms with Crippen LogP contribution in [0.1, 0.15) is 0 Å². The van der Waals surface area contributed by atoms with Gasteiger partial charge < -0.3 is 15.5 Å². The van der Waals surface area contributed by atoms with Crippen LogP contribution in [0.2, 0.25) is 0 Å². The van der Waals surface area contributed by atoms with E-state index in [1.165, 1.54) is 10.1 Å². The van der Waals surface area contributed by atoms with E-state index in [9.17, 15) is 4.79 Å². The normalized spacial score (nSPS) is 14.7. The lowest BCUT2D eigenvalue weighted by molar-refractivity contribution is 0.204. The summed E-state index contributed by atoms with van der Waals surface area (Å²) in [5, 5.41) is 15.8. The predicted molar refractivity (Wildman–Crippen MR) is 110 cm³/mol. The molecule has 2 aromatic heterocycles. The SMILES string of the molecule is O=C(Nc1cc(-c2cc3ccccc3s2)c2[nH]ncc2c1)N1CCNCC1. The average Bonchev–Trinajstić information content (AvgIpc) is 3.34. The summed E-state index contributed by atoms with van der Waals surface area (Å²) in [7, 11) is 0. The lowest BCUT2D eigenvalue weighted by atomic mass is 10.1. The smallest absolute Gasteiger partial charge is 0.321 e. The number of rotatable bonds is 2. The molecule has 6 nitrogen and oxygen atoms in total. The van der Waals surface area contributed by atoms with Gasteiger partial charge in [0.05, 0.1) is 11.7 Å². The van der Waals surface area contributed by atoms with Crippen molar-refractivity contribution in [3.8, 4) is 10.4 Å². The van der Waals surface area contributed by atoms with Crippen LogP contribution < -0.4 is 10.6 Å². The van der Waals surface area contributed by atoms with Gasteiger partial charge in [0.15, 0.2) is 0 Å².